The summed E-state index contributed by atoms with van der Waals surface area (Å²) in [7, 11) is 0. The van der Waals surface area contributed by atoms with E-state index in [4.69, 9.17) is 0 Å². The zero-order chi connectivity index (χ0) is 20.8. The molecule has 1 aromatic carbocycles. The van der Waals surface area contributed by atoms with Crippen molar-refractivity contribution in [2.45, 2.75) is 76.7 Å². The Morgan fingerprint density at radius 2 is 1.90 bits per heavy atom. The molecule has 2 atom stereocenters. The van der Waals surface area contributed by atoms with Crippen LogP contribution in [0.25, 0.3) is 0 Å². The zero-order valence-corrected chi connectivity index (χ0v) is 17.8. The number of amides is 1. The van der Waals surface area contributed by atoms with Crippen LogP contribution in [0.2, 0.25) is 0 Å². The standard InChI is InChI=1S/C23H31FN4O/c1-5-23(6-2)12-17(24)15-27(23)21(29)18-14-25-28-20(18)26-19(13-22(28,3)4)16-10-8-7-9-11-16/h7-11,14,17,19,26H,5-6,12-13,15H2,1-4H3. The fourth-order valence-electron chi connectivity index (χ4n) is 5.13. The number of rotatable bonds is 4. The molecule has 3 heterocycles. The van der Waals surface area contributed by atoms with E-state index in [1.54, 1.807) is 11.1 Å². The van der Waals surface area contributed by atoms with Crippen molar-refractivity contribution in [2.24, 2.45) is 0 Å². The lowest BCUT2D eigenvalue weighted by Crippen LogP contribution is -2.47. The zero-order valence-electron chi connectivity index (χ0n) is 17.8. The lowest BCUT2D eigenvalue weighted by atomic mass is 9.88. The van der Waals surface area contributed by atoms with Gasteiger partial charge < -0.3 is 10.2 Å². The number of likely N-dealkylation sites (tertiary alicyclic amines) is 1. The van der Waals surface area contributed by atoms with Gasteiger partial charge in [-0.05, 0) is 38.7 Å². The number of nitrogens with one attached hydrogen (secondary N) is 1. The molecule has 2 aliphatic rings. The number of hydrogen-bond donors (Lipinski definition) is 1. The van der Waals surface area contributed by atoms with E-state index in [1.165, 1.54) is 5.56 Å². The molecule has 0 bridgehead atoms. The van der Waals surface area contributed by atoms with E-state index in [0.717, 1.165) is 25.1 Å². The Bertz CT molecular complexity index is 888. The molecule has 4 rings (SSSR count). The number of carbonyl (C=O) groups is 1. The van der Waals surface area contributed by atoms with E-state index < -0.39 is 11.7 Å². The van der Waals surface area contributed by atoms with E-state index in [-0.39, 0.29) is 24.0 Å². The molecule has 29 heavy (non-hydrogen) atoms. The molecule has 6 heteroatoms. The number of carbonyl (C=O) groups excluding carboxylic acids is 1. The highest BCUT2D eigenvalue weighted by atomic mass is 19.1. The Hall–Kier alpha value is -2.37. The lowest BCUT2D eigenvalue weighted by molar-refractivity contribution is 0.0573. The van der Waals surface area contributed by atoms with Gasteiger partial charge in [0.05, 0.1) is 24.3 Å². The molecule has 1 amide bonds. The summed E-state index contributed by atoms with van der Waals surface area (Å²) >= 11 is 0. The summed E-state index contributed by atoms with van der Waals surface area (Å²) in [6, 6.07) is 10.4. The molecule has 1 fully saturated rings. The van der Waals surface area contributed by atoms with Crippen LogP contribution in [0.3, 0.4) is 0 Å². The Kier molecular flexibility index (Phi) is 4.91. The molecule has 1 aromatic heterocycles. The first-order valence-electron chi connectivity index (χ1n) is 10.7. The molecule has 1 N–H and O–H groups in total. The van der Waals surface area contributed by atoms with Crippen LogP contribution in [0, 0.1) is 0 Å². The van der Waals surface area contributed by atoms with Crippen molar-refractivity contribution in [3.05, 3.63) is 47.7 Å². The Morgan fingerprint density at radius 3 is 2.55 bits per heavy atom. The Labute approximate surface area is 172 Å². The van der Waals surface area contributed by atoms with Crippen molar-refractivity contribution >= 4 is 11.7 Å². The van der Waals surface area contributed by atoms with Gasteiger partial charge in [-0.2, -0.15) is 5.10 Å². The number of hydrogen-bond acceptors (Lipinski definition) is 3. The summed E-state index contributed by atoms with van der Waals surface area (Å²) < 4.78 is 16.3. The van der Waals surface area contributed by atoms with Crippen molar-refractivity contribution in [1.29, 1.82) is 0 Å². The monoisotopic (exact) mass is 398 g/mol. The van der Waals surface area contributed by atoms with E-state index in [9.17, 15) is 9.18 Å². The van der Waals surface area contributed by atoms with Gasteiger partial charge in [0, 0.05) is 12.0 Å². The molecular formula is C23H31FN4O. The largest absolute Gasteiger partial charge is 0.363 e. The highest BCUT2D eigenvalue weighted by molar-refractivity contribution is 5.99. The van der Waals surface area contributed by atoms with E-state index in [0.29, 0.717) is 12.0 Å². The fraction of sp³-hybridized carbons (Fsp3) is 0.565. The molecule has 1 saturated heterocycles. The average Bonchev–Trinajstić information content (AvgIpc) is 3.29. The van der Waals surface area contributed by atoms with Gasteiger partial charge >= 0.3 is 0 Å². The molecule has 0 radical (unpaired) electrons. The molecular weight excluding hydrogens is 367 g/mol. The molecule has 5 nitrogen and oxygen atoms in total. The van der Waals surface area contributed by atoms with Crippen LogP contribution in [-0.4, -0.2) is 38.8 Å². The number of fused-ring (bicyclic) bond motifs is 1. The molecule has 2 aliphatic heterocycles. The van der Waals surface area contributed by atoms with E-state index in [1.807, 2.05) is 36.7 Å². The first kappa shape index (κ1) is 19.9. The van der Waals surface area contributed by atoms with E-state index in [2.05, 4.69) is 36.4 Å². The second-order valence-electron chi connectivity index (χ2n) is 9.09. The number of anilines is 1. The average molecular weight is 399 g/mol. The van der Waals surface area contributed by atoms with Crippen LogP contribution < -0.4 is 5.32 Å². The van der Waals surface area contributed by atoms with Crippen molar-refractivity contribution in [3.8, 4) is 0 Å². The molecule has 156 valence electrons. The molecule has 2 unspecified atom stereocenters. The van der Waals surface area contributed by atoms with Gasteiger partial charge in [0.15, 0.2) is 0 Å². The second-order valence-corrected chi connectivity index (χ2v) is 9.09. The fourth-order valence-corrected chi connectivity index (χ4v) is 5.13. The van der Waals surface area contributed by atoms with Crippen LogP contribution in [0.15, 0.2) is 36.5 Å². The van der Waals surface area contributed by atoms with Gasteiger partial charge in [-0.15, -0.1) is 0 Å². The maximum absolute atomic E-state index is 14.4. The molecule has 2 aromatic rings. The summed E-state index contributed by atoms with van der Waals surface area (Å²) in [5, 5.41) is 8.12. The SMILES string of the molecule is CCC1(CC)CC(F)CN1C(=O)c1cnn2c1NC(c1ccccc1)CC2(C)C. The quantitative estimate of drug-likeness (QED) is 0.795. The maximum Gasteiger partial charge on any atom is 0.259 e. The maximum atomic E-state index is 14.4. The van der Waals surface area contributed by atoms with Crippen molar-refractivity contribution < 1.29 is 9.18 Å². The first-order valence-corrected chi connectivity index (χ1v) is 10.7. The summed E-state index contributed by atoms with van der Waals surface area (Å²) in [6.07, 6.45) is 3.48. The molecule has 0 aliphatic carbocycles. The third kappa shape index (κ3) is 3.22. The normalized spacial score (nSPS) is 24.8. The van der Waals surface area contributed by atoms with Gasteiger partial charge in [-0.1, -0.05) is 44.2 Å². The Morgan fingerprint density at radius 1 is 1.21 bits per heavy atom. The second kappa shape index (κ2) is 7.15. The summed E-state index contributed by atoms with van der Waals surface area (Å²) in [6.45, 7) is 8.54. The third-order valence-electron chi connectivity index (χ3n) is 6.91. The number of nitrogens with zero attached hydrogens (tertiary/aromatic N) is 3. The summed E-state index contributed by atoms with van der Waals surface area (Å²) in [5.41, 5.74) is 1.08. The van der Waals surface area contributed by atoms with Crippen LogP contribution in [-0.2, 0) is 5.54 Å². The van der Waals surface area contributed by atoms with Crippen molar-refractivity contribution in [3.63, 3.8) is 0 Å². The molecule has 0 spiro atoms. The predicted molar refractivity (Wildman–Crippen MR) is 113 cm³/mol. The molecule has 0 saturated carbocycles. The minimum absolute atomic E-state index is 0.0940. The van der Waals surface area contributed by atoms with Gasteiger partial charge in [-0.3, -0.25) is 4.79 Å². The van der Waals surface area contributed by atoms with E-state index >= 15 is 0 Å². The third-order valence-corrected chi connectivity index (χ3v) is 6.91. The van der Waals surface area contributed by atoms with Crippen LogP contribution >= 0.6 is 0 Å². The Balaban J connectivity index is 1.71. The smallest absolute Gasteiger partial charge is 0.259 e. The van der Waals surface area contributed by atoms with Crippen LogP contribution in [0.5, 0.6) is 0 Å². The van der Waals surface area contributed by atoms with Crippen LogP contribution in [0.1, 0.15) is 75.3 Å². The number of halogens is 1. The highest BCUT2D eigenvalue weighted by Crippen LogP contribution is 2.42. The number of alkyl halides is 1. The minimum Gasteiger partial charge on any atom is -0.363 e. The predicted octanol–water partition coefficient (Wildman–Crippen LogP) is 4.92. The summed E-state index contributed by atoms with van der Waals surface area (Å²) in [4.78, 5) is 15.3. The topological polar surface area (TPSA) is 50.2 Å². The van der Waals surface area contributed by atoms with Gasteiger partial charge in [-0.25, -0.2) is 9.07 Å². The number of aromatic nitrogens is 2. The highest BCUT2D eigenvalue weighted by Gasteiger charge is 2.47. The van der Waals surface area contributed by atoms with Crippen molar-refractivity contribution in [1.82, 2.24) is 14.7 Å². The lowest BCUT2D eigenvalue weighted by Gasteiger charge is -2.39. The van der Waals surface area contributed by atoms with Crippen LogP contribution in [0.4, 0.5) is 10.2 Å². The van der Waals surface area contributed by atoms with Crippen molar-refractivity contribution in [2.75, 3.05) is 11.9 Å². The van der Waals surface area contributed by atoms with Gasteiger partial charge in [0.2, 0.25) is 0 Å². The van der Waals surface area contributed by atoms with Gasteiger partial charge in [0.25, 0.3) is 5.91 Å². The first-order chi connectivity index (χ1) is 13.8. The summed E-state index contributed by atoms with van der Waals surface area (Å²) in [5.74, 6) is 0.621. The van der Waals surface area contributed by atoms with Gasteiger partial charge in [0.1, 0.15) is 17.6 Å². The number of benzene rings is 1. The minimum atomic E-state index is -0.966.